The maximum atomic E-state index is 12.6. The van der Waals surface area contributed by atoms with Crippen LogP contribution < -0.4 is 15.0 Å². The van der Waals surface area contributed by atoms with Crippen molar-refractivity contribution < 1.29 is 19.4 Å². The molecule has 0 radical (unpaired) electrons. The zero-order valence-electron chi connectivity index (χ0n) is 19.9. The zero-order chi connectivity index (χ0) is 26.5. The topological polar surface area (TPSA) is 91.8 Å². The number of carboxylic acid groups (broad SMARTS) is 1. The number of carbonyl (C=O) groups excluding carboxylic acids is 1. The van der Waals surface area contributed by atoms with Crippen LogP contribution in [0.2, 0.25) is 10.0 Å². The number of nitrogens with one attached hydrogen (secondary N) is 1. The van der Waals surface area contributed by atoms with Gasteiger partial charge in [-0.3, -0.25) is 4.79 Å². The summed E-state index contributed by atoms with van der Waals surface area (Å²) in [5.41, 5.74) is 3.65. The normalized spacial score (nSPS) is 10.8. The van der Waals surface area contributed by atoms with Crippen LogP contribution in [0.1, 0.15) is 24.2 Å². The van der Waals surface area contributed by atoms with E-state index >= 15 is 0 Å². The van der Waals surface area contributed by atoms with Gasteiger partial charge in [0.05, 0.1) is 5.69 Å². The third kappa shape index (κ3) is 6.80. The molecule has 4 aromatic rings. The second-order valence-corrected chi connectivity index (χ2v) is 10.1. The second-order valence-electron chi connectivity index (χ2n) is 8.34. The van der Waals surface area contributed by atoms with Gasteiger partial charge in [-0.05, 0) is 68.4 Å². The summed E-state index contributed by atoms with van der Waals surface area (Å²) in [7, 11) is 0. The molecule has 3 aromatic carbocycles. The van der Waals surface area contributed by atoms with E-state index in [1.54, 1.807) is 30.3 Å². The third-order valence-corrected chi connectivity index (χ3v) is 6.53. The third-order valence-electron chi connectivity index (χ3n) is 5.26. The molecule has 1 amide bonds. The Hall–Kier alpha value is -3.59. The Morgan fingerprint density at radius 1 is 1.03 bits per heavy atom. The second kappa shape index (κ2) is 11.6. The monoisotopic (exact) mass is 555 g/mol. The molecule has 0 aliphatic carbocycles. The van der Waals surface area contributed by atoms with Gasteiger partial charge >= 0.3 is 5.97 Å². The lowest BCUT2D eigenvalue weighted by Gasteiger charge is -2.26. The van der Waals surface area contributed by atoms with Crippen molar-refractivity contribution >= 4 is 62.9 Å². The van der Waals surface area contributed by atoms with Crippen molar-refractivity contribution in [3.8, 4) is 17.0 Å². The minimum atomic E-state index is -1.02. The molecule has 0 saturated carbocycles. The molecule has 0 atom stereocenters. The van der Waals surface area contributed by atoms with Gasteiger partial charge in [-0.25, -0.2) is 9.78 Å². The minimum Gasteiger partial charge on any atom is -0.482 e. The first kappa shape index (κ1) is 26.5. The number of halogens is 2. The highest BCUT2D eigenvalue weighted by Gasteiger charge is 2.18. The van der Waals surface area contributed by atoms with E-state index in [4.69, 9.17) is 38.0 Å². The molecule has 0 bridgehead atoms. The fourth-order valence-electron chi connectivity index (χ4n) is 3.60. The number of amides is 1. The van der Waals surface area contributed by atoms with E-state index in [-0.39, 0.29) is 18.6 Å². The standard InChI is InChI=1S/C27H23Cl2N3O4S/c1-16(2)32(22-7-9-23(10-8-22)36-14-25(33)34)27-31-24(15-37-27)17-3-5-21(6-4-17)30-26(35)18-11-19(28)13-20(29)12-18/h3-13,15-16H,14H2,1-2H3,(H,30,35)(H,33,34). The molecule has 1 aromatic heterocycles. The van der Waals surface area contributed by atoms with Gasteiger partial charge in [-0.15, -0.1) is 11.3 Å². The van der Waals surface area contributed by atoms with Crippen LogP contribution in [0.3, 0.4) is 0 Å². The van der Waals surface area contributed by atoms with Crippen molar-refractivity contribution in [3.05, 3.63) is 87.7 Å². The summed E-state index contributed by atoms with van der Waals surface area (Å²) in [6.45, 7) is 3.75. The molecule has 0 fully saturated rings. The molecule has 0 aliphatic heterocycles. The quantitative estimate of drug-likeness (QED) is 0.224. The number of nitrogens with zero attached hydrogens (tertiary/aromatic N) is 2. The van der Waals surface area contributed by atoms with Gasteiger partial charge in [-0.2, -0.15) is 0 Å². The van der Waals surface area contributed by atoms with Crippen molar-refractivity contribution in [2.75, 3.05) is 16.8 Å². The first-order valence-electron chi connectivity index (χ1n) is 11.3. The maximum Gasteiger partial charge on any atom is 0.341 e. The Bertz CT molecular complexity index is 1390. The van der Waals surface area contributed by atoms with Gasteiger partial charge in [0.2, 0.25) is 0 Å². The van der Waals surface area contributed by atoms with E-state index in [0.717, 1.165) is 22.1 Å². The van der Waals surface area contributed by atoms with Crippen molar-refractivity contribution in [1.82, 2.24) is 4.98 Å². The van der Waals surface area contributed by atoms with E-state index in [1.807, 2.05) is 41.8 Å². The SMILES string of the molecule is CC(C)N(c1ccc(OCC(=O)O)cc1)c1nc(-c2ccc(NC(=O)c3cc(Cl)cc(Cl)c3)cc2)cs1. The fourth-order valence-corrected chi connectivity index (χ4v) is 5.11. The predicted octanol–water partition coefficient (Wildman–Crippen LogP) is 7.38. The van der Waals surface area contributed by atoms with Crippen LogP contribution in [-0.4, -0.2) is 34.6 Å². The van der Waals surface area contributed by atoms with Crippen LogP contribution in [0.15, 0.2) is 72.1 Å². The number of carboxylic acids is 1. The highest BCUT2D eigenvalue weighted by molar-refractivity contribution is 7.14. The van der Waals surface area contributed by atoms with Gasteiger partial charge < -0.3 is 20.1 Å². The Labute approximate surface area is 228 Å². The van der Waals surface area contributed by atoms with Crippen LogP contribution in [0.25, 0.3) is 11.3 Å². The molecule has 0 saturated heterocycles. The number of aromatic nitrogens is 1. The molecule has 0 spiro atoms. The van der Waals surface area contributed by atoms with E-state index in [1.165, 1.54) is 11.3 Å². The molecule has 37 heavy (non-hydrogen) atoms. The largest absolute Gasteiger partial charge is 0.482 e. The molecule has 1 heterocycles. The Kier molecular flexibility index (Phi) is 8.33. The van der Waals surface area contributed by atoms with Crippen molar-refractivity contribution in [3.63, 3.8) is 0 Å². The van der Waals surface area contributed by atoms with Gasteiger partial charge in [0, 0.05) is 44.0 Å². The molecule has 7 nitrogen and oxygen atoms in total. The van der Waals surface area contributed by atoms with E-state index in [0.29, 0.717) is 27.0 Å². The van der Waals surface area contributed by atoms with Crippen molar-refractivity contribution in [2.24, 2.45) is 0 Å². The summed E-state index contributed by atoms with van der Waals surface area (Å²) in [5, 5.41) is 15.2. The molecule has 0 aliphatic rings. The van der Waals surface area contributed by atoms with E-state index in [9.17, 15) is 9.59 Å². The number of aliphatic carboxylic acids is 1. The summed E-state index contributed by atoms with van der Waals surface area (Å²) in [6.07, 6.45) is 0. The number of ether oxygens (including phenoxy) is 1. The first-order valence-corrected chi connectivity index (χ1v) is 12.9. The average molecular weight is 556 g/mol. The van der Waals surface area contributed by atoms with E-state index < -0.39 is 5.97 Å². The summed E-state index contributed by atoms with van der Waals surface area (Å²) in [4.78, 5) is 30.2. The van der Waals surface area contributed by atoms with E-state index in [2.05, 4.69) is 24.1 Å². The molecule has 190 valence electrons. The Balaban J connectivity index is 1.48. The van der Waals surface area contributed by atoms with Crippen LogP contribution in [0.4, 0.5) is 16.5 Å². The van der Waals surface area contributed by atoms with Gasteiger partial charge in [0.1, 0.15) is 5.75 Å². The van der Waals surface area contributed by atoms with Crippen LogP contribution >= 0.6 is 34.5 Å². The number of hydrogen-bond acceptors (Lipinski definition) is 6. The van der Waals surface area contributed by atoms with Crippen LogP contribution in [0, 0.1) is 0 Å². The van der Waals surface area contributed by atoms with Crippen LogP contribution in [0.5, 0.6) is 5.75 Å². The summed E-state index contributed by atoms with van der Waals surface area (Å²) < 4.78 is 5.23. The Morgan fingerprint density at radius 3 is 2.27 bits per heavy atom. The predicted molar refractivity (Wildman–Crippen MR) is 149 cm³/mol. The lowest BCUT2D eigenvalue weighted by atomic mass is 10.1. The summed E-state index contributed by atoms with van der Waals surface area (Å²) in [5.74, 6) is -0.843. The molecular formula is C27H23Cl2N3O4S. The average Bonchev–Trinajstić information content (AvgIpc) is 3.33. The molecule has 4 rings (SSSR count). The minimum absolute atomic E-state index is 0.127. The Morgan fingerprint density at radius 2 is 1.68 bits per heavy atom. The van der Waals surface area contributed by atoms with Crippen molar-refractivity contribution in [2.45, 2.75) is 19.9 Å². The number of thiazole rings is 1. The lowest BCUT2D eigenvalue weighted by Crippen LogP contribution is -2.25. The number of rotatable bonds is 9. The number of benzene rings is 3. The summed E-state index contributed by atoms with van der Waals surface area (Å²) in [6, 6.07) is 19.5. The van der Waals surface area contributed by atoms with Crippen molar-refractivity contribution in [1.29, 1.82) is 0 Å². The van der Waals surface area contributed by atoms with Gasteiger partial charge in [-0.1, -0.05) is 35.3 Å². The highest BCUT2D eigenvalue weighted by Crippen LogP contribution is 2.35. The number of anilines is 3. The first-order chi connectivity index (χ1) is 17.7. The smallest absolute Gasteiger partial charge is 0.341 e. The highest BCUT2D eigenvalue weighted by atomic mass is 35.5. The molecule has 2 N–H and O–H groups in total. The summed E-state index contributed by atoms with van der Waals surface area (Å²) >= 11 is 13.5. The lowest BCUT2D eigenvalue weighted by molar-refractivity contribution is -0.139. The van der Waals surface area contributed by atoms with Gasteiger partial charge in [0.15, 0.2) is 11.7 Å². The molecule has 10 heteroatoms. The molecule has 0 unspecified atom stereocenters. The van der Waals surface area contributed by atoms with Crippen LogP contribution in [-0.2, 0) is 4.79 Å². The number of hydrogen-bond donors (Lipinski definition) is 2. The maximum absolute atomic E-state index is 12.6. The molecular weight excluding hydrogens is 533 g/mol. The fraction of sp³-hybridized carbons (Fsp3) is 0.148. The number of carbonyl (C=O) groups is 2. The zero-order valence-corrected chi connectivity index (χ0v) is 22.3. The van der Waals surface area contributed by atoms with Gasteiger partial charge in [0.25, 0.3) is 5.91 Å².